The second-order valence-corrected chi connectivity index (χ2v) is 4.06. The third-order valence-electron chi connectivity index (χ3n) is 2.98. The van der Waals surface area contributed by atoms with E-state index in [-0.39, 0.29) is 11.2 Å². The molecule has 0 aliphatic rings. The number of aromatic amines is 1. The number of fused-ring (bicyclic) bond motifs is 1. The number of nitrogens with one attached hydrogen (secondary N) is 1. The first-order valence-corrected chi connectivity index (χ1v) is 5.54. The van der Waals surface area contributed by atoms with Crippen LogP contribution in [0.5, 0.6) is 0 Å². The highest BCUT2D eigenvalue weighted by atomic mass is 16.2. The van der Waals surface area contributed by atoms with Gasteiger partial charge in [-0.05, 0) is 18.2 Å². The third kappa shape index (κ3) is 1.34. The molecule has 0 spiro atoms. The summed E-state index contributed by atoms with van der Waals surface area (Å²) in [6.07, 6.45) is 1.66. The zero-order chi connectivity index (χ0) is 12.7. The van der Waals surface area contributed by atoms with Crippen molar-refractivity contribution in [2.45, 2.75) is 0 Å². The minimum Gasteiger partial charge on any atom is -0.347 e. The van der Waals surface area contributed by atoms with E-state index in [1.54, 1.807) is 12.3 Å². The minimum atomic E-state index is -0.360. The molecule has 0 amide bonds. The van der Waals surface area contributed by atoms with Gasteiger partial charge in [-0.2, -0.15) is 0 Å². The summed E-state index contributed by atoms with van der Waals surface area (Å²) < 4.78 is 2.61. The number of aromatic nitrogens is 3. The molecular weight excluding hydrogens is 230 g/mol. The van der Waals surface area contributed by atoms with E-state index < -0.39 is 0 Å². The molecule has 3 aromatic rings. The van der Waals surface area contributed by atoms with E-state index >= 15 is 0 Å². The summed E-state index contributed by atoms with van der Waals surface area (Å²) in [6, 6.07) is 10.9. The number of nitrogens with zero attached hydrogens (tertiary/aromatic N) is 2. The Kier molecular flexibility index (Phi) is 2.19. The fourth-order valence-corrected chi connectivity index (χ4v) is 2.05. The smallest absolute Gasteiger partial charge is 0.336 e. The van der Waals surface area contributed by atoms with E-state index in [0.717, 1.165) is 10.3 Å². The number of para-hydroxylation sites is 1. The summed E-state index contributed by atoms with van der Waals surface area (Å²) >= 11 is 0. The van der Waals surface area contributed by atoms with Crippen molar-refractivity contribution in [1.29, 1.82) is 0 Å². The van der Waals surface area contributed by atoms with Crippen molar-refractivity contribution >= 4 is 11.0 Å². The Morgan fingerprint density at radius 3 is 2.50 bits per heavy atom. The summed E-state index contributed by atoms with van der Waals surface area (Å²) in [5.41, 5.74) is 0.601. The summed E-state index contributed by atoms with van der Waals surface area (Å²) in [6.45, 7) is 0. The van der Waals surface area contributed by atoms with Gasteiger partial charge in [-0.1, -0.05) is 18.2 Å². The van der Waals surface area contributed by atoms with Gasteiger partial charge in [0.05, 0.1) is 11.1 Å². The van der Waals surface area contributed by atoms with E-state index in [4.69, 9.17) is 0 Å². The topological polar surface area (TPSA) is 59.8 Å². The quantitative estimate of drug-likeness (QED) is 0.691. The lowest BCUT2D eigenvalue weighted by molar-refractivity contribution is 0.750. The zero-order valence-corrected chi connectivity index (χ0v) is 9.75. The van der Waals surface area contributed by atoms with Crippen molar-refractivity contribution in [2.75, 3.05) is 0 Å². The number of benzene rings is 1. The molecule has 0 fully saturated rings. The van der Waals surface area contributed by atoms with Crippen molar-refractivity contribution in [3.8, 4) is 5.69 Å². The van der Waals surface area contributed by atoms with E-state index in [1.807, 2.05) is 30.3 Å². The Labute approximate surface area is 102 Å². The van der Waals surface area contributed by atoms with E-state index in [1.165, 1.54) is 11.6 Å². The molecule has 18 heavy (non-hydrogen) atoms. The van der Waals surface area contributed by atoms with Gasteiger partial charge in [-0.15, -0.1) is 0 Å². The molecule has 0 unspecified atom stereocenters. The van der Waals surface area contributed by atoms with Crippen LogP contribution in [0.25, 0.3) is 16.7 Å². The van der Waals surface area contributed by atoms with Crippen LogP contribution in [-0.2, 0) is 7.05 Å². The van der Waals surface area contributed by atoms with Crippen molar-refractivity contribution in [3.63, 3.8) is 0 Å². The Morgan fingerprint density at radius 2 is 1.78 bits per heavy atom. The van der Waals surface area contributed by atoms with E-state index in [2.05, 4.69) is 4.98 Å². The van der Waals surface area contributed by atoms with Gasteiger partial charge in [0.1, 0.15) is 5.65 Å². The molecule has 2 aromatic heterocycles. The first-order chi connectivity index (χ1) is 8.70. The highest BCUT2D eigenvalue weighted by molar-refractivity contribution is 5.76. The molecule has 90 valence electrons. The fourth-order valence-electron chi connectivity index (χ4n) is 2.05. The van der Waals surface area contributed by atoms with Crippen LogP contribution in [0.2, 0.25) is 0 Å². The van der Waals surface area contributed by atoms with Crippen LogP contribution in [0.1, 0.15) is 0 Å². The van der Waals surface area contributed by atoms with Gasteiger partial charge >= 0.3 is 5.69 Å². The van der Waals surface area contributed by atoms with Gasteiger partial charge in [0.2, 0.25) is 0 Å². The average molecular weight is 241 g/mol. The summed E-state index contributed by atoms with van der Waals surface area (Å²) in [5, 5.41) is 0.501. The molecule has 3 rings (SSSR count). The minimum absolute atomic E-state index is 0.288. The first kappa shape index (κ1) is 10.6. The SMILES string of the molecule is Cn1c(=O)c2cc[nH]c2n(-c2ccccc2)c1=O. The summed E-state index contributed by atoms with van der Waals surface area (Å²) in [5.74, 6) is 0. The maximum Gasteiger partial charge on any atom is 0.336 e. The Morgan fingerprint density at radius 1 is 1.06 bits per heavy atom. The average Bonchev–Trinajstić information content (AvgIpc) is 2.87. The van der Waals surface area contributed by atoms with Crippen LogP contribution in [-0.4, -0.2) is 14.1 Å². The normalized spacial score (nSPS) is 10.9. The van der Waals surface area contributed by atoms with Crippen LogP contribution in [0, 0.1) is 0 Å². The monoisotopic (exact) mass is 241 g/mol. The highest BCUT2D eigenvalue weighted by Crippen LogP contribution is 2.11. The largest absolute Gasteiger partial charge is 0.347 e. The Balaban J connectivity index is 2.54. The van der Waals surface area contributed by atoms with Gasteiger partial charge in [0.25, 0.3) is 5.56 Å². The third-order valence-corrected chi connectivity index (χ3v) is 2.98. The number of hydrogen-bond acceptors (Lipinski definition) is 2. The molecule has 0 atom stereocenters. The molecule has 0 aliphatic carbocycles. The van der Waals surface area contributed by atoms with Gasteiger partial charge in [0.15, 0.2) is 0 Å². The van der Waals surface area contributed by atoms with Gasteiger partial charge in [0, 0.05) is 13.2 Å². The molecule has 0 bridgehead atoms. The molecule has 1 N–H and O–H groups in total. The first-order valence-electron chi connectivity index (χ1n) is 5.54. The van der Waals surface area contributed by atoms with Crippen LogP contribution < -0.4 is 11.2 Å². The maximum atomic E-state index is 12.2. The Bertz CT molecular complexity index is 825. The summed E-state index contributed by atoms with van der Waals surface area (Å²) in [7, 11) is 1.48. The van der Waals surface area contributed by atoms with Crippen molar-refractivity contribution in [3.05, 3.63) is 63.4 Å². The number of rotatable bonds is 1. The van der Waals surface area contributed by atoms with Crippen LogP contribution >= 0.6 is 0 Å². The van der Waals surface area contributed by atoms with Crippen LogP contribution in [0.4, 0.5) is 0 Å². The second-order valence-electron chi connectivity index (χ2n) is 4.06. The number of hydrogen-bond donors (Lipinski definition) is 1. The second kappa shape index (κ2) is 3.73. The van der Waals surface area contributed by atoms with E-state index in [9.17, 15) is 9.59 Å². The van der Waals surface area contributed by atoms with Crippen molar-refractivity contribution in [2.24, 2.45) is 7.05 Å². The van der Waals surface area contributed by atoms with Crippen molar-refractivity contribution < 1.29 is 0 Å². The van der Waals surface area contributed by atoms with Crippen molar-refractivity contribution in [1.82, 2.24) is 14.1 Å². The van der Waals surface area contributed by atoms with Crippen LogP contribution in [0.15, 0.2) is 52.2 Å². The zero-order valence-electron chi connectivity index (χ0n) is 9.75. The van der Waals surface area contributed by atoms with Gasteiger partial charge in [-0.25, -0.2) is 9.36 Å². The Hall–Kier alpha value is -2.56. The maximum absolute atomic E-state index is 12.2. The predicted molar refractivity (Wildman–Crippen MR) is 69.1 cm³/mol. The molecular formula is C13H11N3O2. The lowest BCUT2D eigenvalue weighted by Crippen LogP contribution is -2.37. The molecule has 0 aliphatic heterocycles. The summed E-state index contributed by atoms with van der Waals surface area (Å²) in [4.78, 5) is 27.1. The van der Waals surface area contributed by atoms with Gasteiger partial charge in [-0.3, -0.25) is 9.36 Å². The molecule has 1 aromatic carbocycles. The van der Waals surface area contributed by atoms with Crippen LogP contribution in [0.3, 0.4) is 0 Å². The lowest BCUT2D eigenvalue weighted by Gasteiger charge is -2.09. The van der Waals surface area contributed by atoms with E-state index in [0.29, 0.717) is 11.0 Å². The lowest BCUT2D eigenvalue weighted by atomic mass is 10.3. The molecule has 0 saturated carbocycles. The highest BCUT2D eigenvalue weighted by Gasteiger charge is 2.12. The molecule has 5 nitrogen and oxygen atoms in total. The standard InChI is InChI=1S/C13H11N3O2/c1-15-12(17)10-7-8-14-11(10)16(13(15)18)9-5-3-2-4-6-9/h2-8,14H,1H3. The predicted octanol–water partition coefficient (Wildman–Crippen LogP) is 1.02. The fraction of sp³-hybridized carbons (Fsp3) is 0.0769. The molecule has 0 radical (unpaired) electrons. The molecule has 0 saturated heterocycles. The molecule has 5 heteroatoms. The molecule has 2 heterocycles. The van der Waals surface area contributed by atoms with Gasteiger partial charge < -0.3 is 4.98 Å². The number of H-pyrrole nitrogens is 1.